The average Bonchev–Trinajstić information content (AvgIpc) is 3.75. The molecule has 2 aromatic heterocycles. The number of pyridine rings is 1. The van der Waals surface area contributed by atoms with E-state index in [0.717, 1.165) is 68.9 Å². The lowest BCUT2D eigenvalue weighted by atomic mass is 9.95. The van der Waals surface area contributed by atoms with Crippen molar-refractivity contribution in [2.75, 3.05) is 44.8 Å². The SMILES string of the molecule is COC(=O)NC[C@H]1CC[C@@]2(COc3nc(N4CC5CCC(C4)N5)c4cnc(-c5cccc6cccc(Cl)c56)c(F)c4n3)CCCN12. The highest BCUT2D eigenvalue weighted by atomic mass is 35.5. The number of fused-ring (bicyclic) bond motifs is 5. The highest BCUT2D eigenvalue weighted by Gasteiger charge is 2.50. The summed E-state index contributed by atoms with van der Waals surface area (Å²) < 4.78 is 28.0. The summed E-state index contributed by atoms with van der Waals surface area (Å²) in [4.78, 5) is 30.7. The summed E-state index contributed by atoms with van der Waals surface area (Å²) in [6.45, 7) is 3.39. The Morgan fingerprint density at radius 3 is 2.74 bits per heavy atom. The van der Waals surface area contributed by atoms with Crippen molar-refractivity contribution in [3.8, 4) is 17.3 Å². The monoisotopic (exact) mass is 645 g/mol. The van der Waals surface area contributed by atoms with Crippen LogP contribution in [0.15, 0.2) is 42.6 Å². The first-order valence-electron chi connectivity index (χ1n) is 16.2. The fourth-order valence-corrected chi connectivity index (χ4v) is 8.56. The molecule has 2 unspecified atom stereocenters. The van der Waals surface area contributed by atoms with E-state index in [-0.39, 0.29) is 28.8 Å². The predicted octanol–water partition coefficient (Wildman–Crippen LogP) is 5.31. The van der Waals surface area contributed by atoms with Crippen LogP contribution < -0.4 is 20.3 Å². The van der Waals surface area contributed by atoms with Crippen molar-refractivity contribution in [1.29, 1.82) is 0 Å². The zero-order valence-corrected chi connectivity index (χ0v) is 26.5. The number of carbonyl (C=O) groups is 1. The van der Waals surface area contributed by atoms with Crippen molar-refractivity contribution in [3.05, 3.63) is 53.4 Å². The largest absolute Gasteiger partial charge is 0.461 e. The van der Waals surface area contributed by atoms with Crippen molar-refractivity contribution in [3.63, 3.8) is 0 Å². The van der Waals surface area contributed by atoms with Gasteiger partial charge in [-0.25, -0.2) is 9.18 Å². The van der Waals surface area contributed by atoms with Crippen LogP contribution in [0.5, 0.6) is 6.01 Å². The number of nitrogens with zero attached hydrogens (tertiary/aromatic N) is 5. The van der Waals surface area contributed by atoms with E-state index in [4.69, 9.17) is 31.0 Å². The maximum atomic E-state index is 16.8. The predicted molar refractivity (Wildman–Crippen MR) is 175 cm³/mol. The van der Waals surface area contributed by atoms with Crippen molar-refractivity contribution >= 4 is 45.2 Å². The summed E-state index contributed by atoms with van der Waals surface area (Å²) in [5.74, 6) is 0.131. The number of alkyl carbamates (subject to hydrolysis) is 1. The smallest absolute Gasteiger partial charge is 0.406 e. The van der Waals surface area contributed by atoms with Crippen LogP contribution in [0.4, 0.5) is 15.0 Å². The molecule has 4 saturated heterocycles. The molecule has 0 radical (unpaired) electrons. The minimum atomic E-state index is -0.521. The third-order valence-corrected chi connectivity index (χ3v) is 10.8. The number of nitrogens with one attached hydrogen (secondary N) is 2. The summed E-state index contributed by atoms with van der Waals surface area (Å²) in [7, 11) is 1.38. The quantitative estimate of drug-likeness (QED) is 0.277. The molecule has 6 heterocycles. The van der Waals surface area contributed by atoms with Crippen LogP contribution in [0, 0.1) is 5.82 Å². The van der Waals surface area contributed by atoms with Crippen LogP contribution in [0.3, 0.4) is 0 Å². The van der Waals surface area contributed by atoms with Gasteiger partial charge in [-0.3, -0.25) is 9.88 Å². The maximum absolute atomic E-state index is 16.8. The van der Waals surface area contributed by atoms with Crippen molar-refractivity contribution in [2.24, 2.45) is 0 Å². The molecule has 2 aromatic carbocycles. The van der Waals surface area contributed by atoms with Gasteiger partial charge in [0.05, 0.1) is 18.0 Å². The zero-order valence-electron chi connectivity index (χ0n) is 25.8. The van der Waals surface area contributed by atoms with Gasteiger partial charge in [-0.2, -0.15) is 9.97 Å². The Hall–Kier alpha value is -3.80. The molecule has 12 heteroatoms. The van der Waals surface area contributed by atoms with Crippen molar-refractivity contribution in [1.82, 2.24) is 30.5 Å². The molecule has 2 N–H and O–H groups in total. The van der Waals surface area contributed by atoms with Gasteiger partial charge >= 0.3 is 12.1 Å². The first-order chi connectivity index (χ1) is 22.4. The van der Waals surface area contributed by atoms with Gasteiger partial charge in [0.15, 0.2) is 5.82 Å². The molecule has 8 rings (SSSR count). The molecule has 0 spiro atoms. The minimum absolute atomic E-state index is 0.165. The molecule has 4 aromatic rings. The summed E-state index contributed by atoms with van der Waals surface area (Å²) in [6, 6.07) is 12.4. The molecule has 0 saturated carbocycles. The van der Waals surface area contributed by atoms with Crippen LogP contribution in [0.2, 0.25) is 5.02 Å². The number of hydrogen-bond acceptors (Lipinski definition) is 9. The number of benzene rings is 2. The second-order valence-corrected chi connectivity index (χ2v) is 13.5. The van der Waals surface area contributed by atoms with Crippen molar-refractivity contribution < 1.29 is 18.7 Å². The van der Waals surface area contributed by atoms with Crippen LogP contribution in [-0.2, 0) is 4.74 Å². The van der Waals surface area contributed by atoms with Gasteiger partial charge in [-0.15, -0.1) is 0 Å². The van der Waals surface area contributed by atoms with Crippen LogP contribution in [0.25, 0.3) is 32.9 Å². The summed E-state index contributed by atoms with van der Waals surface area (Å²) in [5, 5.41) is 9.29. The first-order valence-corrected chi connectivity index (χ1v) is 16.6. The number of anilines is 1. The maximum Gasteiger partial charge on any atom is 0.406 e. The fourth-order valence-electron chi connectivity index (χ4n) is 8.28. The van der Waals surface area contributed by atoms with E-state index in [1.807, 2.05) is 36.4 Å². The standard InChI is InChI=1S/C34H37ClFN7O3/c1-45-33(44)38-15-23-11-13-34(12-4-14-43(23)34)19-46-32-40-30-25(31(41-32)42-17-21-9-10-22(18-42)39-21)16-37-29(28(30)36)24-7-2-5-20-6-3-8-26(35)27(20)24/h2-3,5-8,16,21-23,39H,4,9-15,17-19H2,1H3,(H,38,44)/t21?,22?,23-,34-/m1/s1. The van der Waals surface area contributed by atoms with E-state index in [1.54, 1.807) is 6.20 Å². The Kier molecular flexibility index (Phi) is 7.57. The topological polar surface area (TPSA) is 105 Å². The first kappa shape index (κ1) is 29.6. The Labute approximate surface area is 271 Å². The number of carbonyl (C=O) groups excluding carboxylic acids is 1. The second kappa shape index (κ2) is 11.8. The number of rotatable bonds is 7. The van der Waals surface area contributed by atoms with Gasteiger partial charge in [0.1, 0.15) is 23.6 Å². The van der Waals surface area contributed by atoms with Crippen molar-refractivity contribution in [2.45, 2.75) is 62.2 Å². The van der Waals surface area contributed by atoms with Crippen LogP contribution in [-0.4, -0.2) is 89.5 Å². The summed E-state index contributed by atoms with van der Waals surface area (Å²) >= 11 is 6.63. The van der Waals surface area contributed by atoms with E-state index in [1.165, 1.54) is 7.11 Å². The molecule has 240 valence electrons. The number of ether oxygens (including phenoxy) is 2. The molecule has 4 fully saturated rings. The number of piperazine rings is 1. The molecular formula is C34H37ClFN7O3. The van der Waals surface area contributed by atoms with E-state index >= 15 is 4.39 Å². The molecule has 0 aliphatic carbocycles. The Morgan fingerprint density at radius 1 is 1.13 bits per heavy atom. The number of aromatic nitrogens is 3. The van der Waals surface area contributed by atoms with E-state index < -0.39 is 11.9 Å². The Balaban J connectivity index is 1.17. The van der Waals surface area contributed by atoms with Gasteiger partial charge in [0, 0.05) is 59.9 Å². The van der Waals surface area contributed by atoms with E-state index in [2.05, 4.69) is 25.4 Å². The van der Waals surface area contributed by atoms with Crippen LogP contribution >= 0.6 is 11.6 Å². The lowest BCUT2D eigenvalue weighted by molar-refractivity contribution is 0.0835. The molecule has 4 aliphatic rings. The number of halogens is 2. The van der Waals surface area contributed by atoms with Gasteiger partial charge in [-0.1, -0.05) is 41.9 Å². The highest BCUT2D eigenvalue weighted by molar-refractivity contribution is 6.36. The molecular weight excluding hydrogens is 609 g/mol. The van der Waals surface area contributed by atoms with Gasteiger partial charge in [0.2, 0.25) is 0 Å². The molecule has 4 atom stereocenters. The average molecular weight is 646 g/mol. The lowest BCUT2D eigenvalue weighted by Crippen LogP contribution is -2.51. The second-order valence-electron chi connectivity index (χ2n) is 13.1. The minimum Gasteiger partial charge on any atom is -0.461 e. The lowest BCUT2D eigenvalue weighted by Gasteiger charge is -2.35. The van der Waals surface area contributed by atoms with Gasteiger partial charge < -0.3 is 25.0 Å². The third kappa shape index (κ3) is 5.09. The van der Waals surface area contributed by atoms with Gasteiger partial charge in [-0.05, 0) is 56.5 Å². The third-order valence-electron chi connectivity index (χ3n) is 10.4. The summed E-state index contributed by atoms with van der Waals surface area (Å²) in [6.07, 6.45) is 7.39. The number of methoxy groups -OCH3 is 1. The van der Waals surface area contributed by atoms with E-state index in [0.29, 0.717) is 47.0 Å². The highest BCUT2D eigenvalue weighted by Crippen LogP contribution is 2.43. The Morgan fingerprint density at radius 2 is 1.93 bits per heavy atom. The molecule has 1 amide bonds. The molecule has 2 bridgehead atoms. The number of amides is 1. The fraction of sp³-hybridized carbons (Fsp3) is 0.471. The molecule has 4 aliphatic heterocycles. The Bertz CT molecular complexity index is 1810. The summed E-state index contributed by atoms with van der Waals surface area (Å²) in [5.41, 5.74) is 0.812. The zero-order chi connectivity index (χ0) is 31.4. The molecule has 46 heavy (non-hydrogen) atoms. The van der Waals surface area contributed by atoms with Gasteiger partial charge in [0.25, 0.3) is 0 Å². The molecule has 10 nitrogen and oxygen atoms in total. The number of hydrogen-bond donors (Lipinski definition) is 2. The van der Waals surface area contributed by atoms with E-state index in [9.17, 15) is 4.79 Å². The van der Waals surface area contributed by atoms with Crippen LogP contribution in [0.1, 0.15) is 38.5 Å². The normalized spacial score (nSPS) is 25.7.